The lowest BCUT2D eigenvalue weighted by Crippen LogP contribution is -2.37. The van der Waals surface area contributed by atoms with E-state index in [1.807, 2.05) is 11.8 Å². The fourth-order valence-electron chi connectivity index (χ4n) is 3.64. The van der Waals surface area contributed by atoms with Crippen LogP contribution in [0.3, 0.4) is 0 Å². The molecule has 0 bridgehead atoms. The first-order valence-electron chi connectivity index (χ1n) is 8.75. The predicted molar refractivity (Wildman–Crippen MR) is 92.6 cm³/mol. The Hall–Kier alpha value is -2.22. The van der Waals surface area contributed by atoms with E-state index in [4.69, 9.17) is 4.74 Å². The maximum atomic E-state index is 14.2. The highest BCUT2D eigenvalue weighted by molar-refractivity contribution is 5.46. The Balaban J connectivity index is 1.53. The second-order valence-electron chi connectivity index (χ2n) is 6.70. The molecule has 2 aliphatic heterocycles. The molecule has 0 aliphatic carbocycles. The Labute approximate surface area is 146 Å². The zero-order chi connectivity index (χ0) is 17.4. The SMILES string of the molecule is Cc1cc(C)n(C2CCN(c3ncc(F)c(N4CCOCC4)n3)C2)n1. The normalized spacial score (nSPS) is 21.2. The third-order valence-corrected chi connectivity index (χ3v) is 4.86. The maximum absolute atomic E-state index is 14.2. The van der Waals surface area contributed by atoms with E-state index >= 15 is 0 Å². The molecule has 0 amide bonds. The number of hydrogen-bond donors (Lipinski definition) is 0. The monoisotopic (exact) mass is 346 g/mol. The van der Waals surface area contributed by atoms with Crippen LogP contribution in [0.1, 0.15) is 23.9 Å². The summed E-state index contributed by atoms with van der Waals surface area (Å²) in [6.45, 7) is 8.23. The van der Waals surface area contributed by atoms with Crippen LogP contribution in [0.5, 0.6) is 0 Å². The van der Waals surface area contributed by atoms with Gasteiger partial charge in [-0.15, -0.1) is 0 Å². The van der Waals surface area contributed by atoms with Crippen LogP contribution in [0.2, 0.25) is 0 Å². The highest BCUT2D eigenvalue weighted by Crippen LogP contribution is 2.27. The van der Waals surface area contributed by atoms with E-state index in [-0.39, 0.29) is 5.82 Å². The average Bonchev–Trinajstić information content (AvgIpc) is 3.22. The molecule has 1 atom stereocenters. The average molecular weight is 346 g/mol. The fourth-order valence-corrected chi connectivity index (χ4v) is 3.64. The summed E-state index contributed by atoms with van der Waals surface area (Å²) in [6.07, 6.45) is 2.26. The molecule has 7 nitrogen and oxygen atoms in total. The van der Waals surface area contributed by atoms with Gasteiger partial charge in [0.15, 0.2) is 11.6 Å². The van der Waals surface area contributed by atoms with Crippen molar-refractivity contribution in [2.24, 2.45) is 0 Å². The predicted octanol–water partition coefficient (Wildman–Crippen LogP) is 1.72. The van der Waals surface area contributed by atoms with Gasteiger partial charge in [0, 0.05) is 31.9 Å². The van der Waals surface area contributed by atoms with Crippen LogP contribution < -0.4 is 9.80 Å². The molecule has 0 saturated carbocycles. The fraction of sp³-hybridized carbons (Fsp3) is 0.588. The largest absolute Gasteiger partial charge is 0.378 e. The van der Waals surface area contributed by atoms with Gasteiger partial charge in [0.25, 0.3) is 0 Å². The number of anilines is 2. The number of morpholine rings is 1. The summed E-state index contributed by atoms with van der Waals surface area (Å²) in [6, 6.07) is 2.39. The first-order chi connectivity index (χ1) is 12.1. The van der Waals surface area contributed by atoms with Gasteiger partial charge in [0.05, 0.1) is 31.1 Å². The molecular formula is C17H23FN6O. The highest BCUT2D eigenvalue weighted by Gasteiger charge is 2.28. The minimum absolute atomic E-state index is 0.300. The lowest BCUT2D eigenvalue weighted by atomic mass is 10.2. The van der Waals surface area contributed by atoms with Crippen LogP contribution in [-0.4, -0.2) is 59.1 Å². The van der Waals surface area contributed by atoms with Crippen molar-refractivity contribution in [2.45, 2.75) is 26.3 Å². The zero-order valence-corrected chi connectivity index (χ0v) is 14.7. The summed E-state index contributed by atoms with van der Waals surface area (Å²) in [5, 5.41) is 4.59. The molecule has 4 rings (SSSR count). The molecule has 2 aromatic rings. The number of hydrogen-bond acceptors (Lipinski definition) is 6. The molecule has 134 valence electrons. The van der Waals surface area contributed by atoms with E-state index in [1.165, 1.54) is 11.9 Å². The lowest BCUT2D eigenvalue weighted by molar-refractivity contribution is 0.122. The standard InChI is InChI=1S/C17H23FN6O/c1-12-9-13(2)24(21-12)14-3-4-23(11-14)17-19-10-15(18)16(20-17)22-5-7-25-8-6-22/h9-10,14H,3-8,11H2,1-2H3. The Bertz CT molecular complexity index is 758. The molecule has 4 heterocycles. The first kappa shape index (κ1) is 16.3. The van der Waals surface area contributed by atoms with E-state index in [9.17, 15) is 4.39 Å². The molecule has 2 saturated heterocycles. The summed E-state index contributed by atoms with van der Waals surface area (Å²) in [5.41, 5.74) is 2.20. The van der Waals surface area contributed by atoms with Crippen LogP contribution in [-0.2, 0) is 4.74 Å². The number of rotatable bonds is 3. The maximum Gasteiger partial charge on any atom is 0.227 e. The van der Waals surface area contributed by atoms with Crippen molar-refractivity contribution in [3.05, 3.63) is 29.5 Å². The van der Waals surface area contributed by atoms with Crippen molar-refractivity contribution < 1.29 is 9.13 Å². The quantitative estimate of drug-likeness (QED) is 0.843. The number of aromatic nitrogens is 4. The highest BCUT2D eigenvalue weighted by atomic mass is 19.1. The zero-order valence-electron chi connectivity index (χ0n) is 14.7. The lowest BCUT2D eigenvalue weighted by Gasteiger charge is -2.28. The van der Waals surface area contributed by atoms with Crippen LogP contribution in [0.15, 0.2) is 12.3 Å². The Morgan fingerprint density at radius 3 is 2.68 bits per heavy atom. The molecule has 25 heavy (non-hydrogen) atoms. The third kappa shape index (κ3) is 3.18. The number of aryl methyl sites for hydroxylation is 2. The first-order valence-corrected chi connectivity index (χ1v) is 8.75. The van der Waals surface area contributed by atoms with E-state index in [0.29, 0.717) is 44.1 Å². The van der Waals surface area contributed by atoms with Gasteiger partial charge in [0.1, 0.15) is 0 Å². The van der Waals surface area contributed by atoms with Crippen LogP contribution in [0.25, 0.3) is 0 Å². The molecule has 2 aromatic heterocycles. The van der Waals surface area contributed by atoms with Gasteiger partial charge in [-0.1, -0.05) is 0 Å². The van der Waals surface area contributed by atoms with E-state index in [1.54, 1.807) is 0 Å². The van der Waals surface area contributed by atoms with Crippen LogP contribution in [0, 0.1) is 19.7 Å². The summed E-state index contributed by atoms with van der Waals surface area (Å²) in [7, 11) is 0. The molecule has 0 radical (unpaired) electrons. The third-order valence-electron chi connectivity index (χ3n) is 4.86. The van der Waals surface area contributed by atoms with Gasteiger partial charge in [-0.25, -0.2) is 9.37 Å². The molecule has 2 fully saturated rings. The van der Waals surface area contributed by atoms with Gasteiger partial charge in [-0.05, 0) is 26.3 Å². The number of ether oxygens (including phenoxy) is 1. The van der Waals surface area contributed by atoms with Crippen molar-refractivity contribution in [2.75, 3.05) is 49.2 Å². The number of nitrogens with zero attached hydrogens (tertiary/aromatic N) is 6. The molecule has 8 heteroatoms. The second kappa shape index (κ2) is 6.59. The minimum Gasteiger partial charge on any atom is -0.378 e. The van der Waals surface area contributed by atoms with Gasteiger partial charge >= 0.3 is 0 Å². The smallest absolute Gasteiger partial charge is 0.227 e. The van der Waals surface area contributed by atoms with Crippen molar-refractivity contribution in [3.8, 4) is 0 Å². The molecule has 1 unspecified atom stereocenters. The van der Waals surface area contributed by atoms with Crippen molar-refractivity contribution in [3.63, 3.8) is 0 Å². The molecule has 2 aliphatic rings. The molecular weight excluding hydrogens is 323 g/mol. The van der Waals surface area contributed by atoms with Crippen molar-refractivity contribution in [1.82, 2.24) is 19.7 Å². The Morgan fingerprint density at radius 1 is 1.16 bits per heavy atom. The van der Waals surface area contributed by atoms with E-state index in [0.717, 1.165) is 25.2 Å². The second-order valence-corrected chi connectivity index (χ2v) is 6.70. The van der Waals surface area contributed by atoms with Crippen molar-refractivity contribution in [1.29, 1.82) is 0 Å². The van der Waals surface area contributed by atoms with Gasteiger partial charge in [0.2, 0.25) is 5.95 Å². The Kier molecular flexibility index (Phi) is 4.29. The minimum atomic E-state index is -0.375. The molecule has 0 N–H and O–H groups in total. The van der Waals surface area contributed by atoms with Gasteiger partial charge in [-0.2, -0.15) is 10.1 Å². The topological polar surface area (TPSA) is 59.3 Å². The molecule has 0 aromatic carbocycles. The van der Waals surface area contributed by atoms with Crippen molar-refractivity contribution >= 4 is 11.8 Å². The summed E-state index contributed by atoms with van der Waals surface area (Å²) in [4.78, 5) is 12.8. The van der Waals surface area contributed by atoms with Gasteiger partial charge < -0.3 is 14.5 Å². The van der Waals surface area contributed by atoms with E-state index in [2.05, 4.69) is 37.6 Å². The van der Waals surface area contributed by atoms with Crippen LogP contribution in [0.4, 0.5) is 16.2 Å². The van der Waals surface area contributed by atoms with Gasteiger partial charge in [-0.3, -0.25) is 4.68 Å². The summed E-state index contributed by atoms with van der Waals surface area (Å²) in [5.74, 6) is 0.592. The van der Waals surface area contributed by atoms with E-state index < -0.39 is 0 Å². The summed E-state index contributed by atoms with van der Waals surface area (Å²) < 4.78 is 21.6. The number of halogens is 1. The molecule has 0 spiro atoms. The summed E-state index contributed by atoms with van der Waals surface area (Å²) >= 11 is 0. The Morgan fingerprint density at radius 2 is 1.96 bits per heavy atom. The van der Waals surface area contributed by atoms with Crippen LogP contribution >= 0.6 is 0 Å².